The number of aryl methyl sites for hydroxylation is 4. The Bertz CT molecular complexity index is 1400. The van der Waals surface area contributed by atoms with Crippen LogP contribution in [0.1, 0.15) is 22.3 Å². The quantitative estimate of drug-likeness (QED) is 0.520. The van der Waals surface area contributed by atoms with Crippen LogP contribution >= 0.6 is 0 Å². The number of hydrogen-bond acceptors (Lipinski definition) is 7. The first-order chi connectivity index (χ1) is 15.6. The number of hydrogen-bond donors (Lipinski definition) is 2. The van der Waals surface area contributed by atoms with Gasteiger partial charge >= 0.3 is 0 Å². The summed E-state index contributed by atoms with van der Waals surface area (Å²) in [7, 11) is -11.8. The molecule has 1 aliphatic heterocycles. The van der Waals surface area contributed by atoms with E-state index in [2.05, 4.69) is 4.72 Å². The summed E-state index contributed by atoms with van der Waals surface area (Å²) in [5.74, 6) is -1.09. The second-order valence-electron chi connectivity index (χ2n) is 8.72. The van der Waals surface area contributed by atoms with Gasteiger partial charge in [-0.2, -0.15) is 4.31 Å². The van der Waals surface area contributed by atoms with Crippen molar-refractivity contribution in [2.45, 2.75) is 49.6 Å². The van der Waals surface area contributed by atoms with Crippen molar-refractivity contribution in [2.24, 2.45) is 0 Å². The Morgan fingerprint density at radius 2 is 1.41 bits per heavy atom. The van der Waals surface area contributed by atoms with E-state index in [0.29, 0.717) is 0 Å². The molecule has 3 rings (SSSR count). The van der Waals surface area contributed by atoms with Crippen LogP contribution in [0.25, 0.3) is 0 Å². The van der Waals surface area contributed by atoms with Crippen LogP contribution in [0.3, 0.4) is 0 Å². The molecule has 0 bridgehead atoms. The molecular weight excluding hydrogens is 500 g/mol. The minimum atomic E-state index is -4.23. The van der Waals surface area contributed by atoms with Crippen molar-refractivity contribution in [3.63, 3.8) is 0 Å². The fourth-order valence-corrected chi connectivity index (χ4v) is 8.56. The lowest BCUT2D eigenvalue weighted by molar-refractivity contribution is 0.128. The van der Waals surface area contributed by atoms with Gasteiger partial charge in [-0.05, 0) is 74.2 Å². The maximum atomic E-state index is 13.5. The molecule has 0 amide bonds. The summed E-state index contributed by atoms with van der Waals surface area (Å²) >= 11 is 0. The molecule has 0 unspecified atom stereocenters. The number of nitrogens with one attached hydrogen (secondary N) is 1. The molecule has 188 valence electrons. The van der Waals surface area contributed by atoms with Crippen LogP contribution in [0.2, 0.25) is 0 Å². The summed E-state index contributed by atoms with van der Waals surface area (Å²) in [5.41, 5.74) is 3.34. The molecule has 0 saturated carbocycles. The van der Waals surface area contributed by atoms with E-state index in [0.717, 1.165) is 26.6 Å². The molecule has 1 heterocycles. The number of rotatable bonds is 8. The summed E-state index contributed by atoms with van der Waals surface area (Å²) < 4.78 is 80.0. The smallest absolute Gasteiger partial charge is 0.243 e. The van der Waals surface area contributed by atoms with Crippen molar-refractivity contribution in [3.05, 3.63) is 58.7 Å². The van der Waals surface area contributed by atoms with Crippen molar-refractivity contribution in [1.29, 1.82) is 0 Å². The molecule has 34 heavy (non-hydrogen) atoms. The zero-order valence-electron chi connectivity index (χ0n) is 19.5. The molecule has 0 aliphatic carbocycles. The summed E-state index contributed by atoms with van der Waals surface area (Å²) in [4.78, 5) is -0.00763. The van der Waals surface area contributed by atoms with Crippen LogP contribution in [-0.2, 0) is 29.9 Å². The second-order valence-corrected chi connectivity index (χ2v) is 14.5. The summed E-state index contributed by atoms with van der Waals surface area (Å²) in [6.07, 6.45) is -1.41. The maximum Gasteiger partial charge on any atom is 0.243 e. The summed E-state index contributed by atoms with van der Waals surface area (Å²) in [6, 6.07) is 7.98. The lowest BCUT2D eigenvalue weighted by Crippen LogP contribution is -2.49. The highest BCUT2D eigenvalue weighted by atomic mass is 32.2. The third-order valence-electron chi connectivity index (χ3n) is 6.16. The Morgan fingerprint density at radius 1 is 0.882 bits per heavy atom. The second kappa shape index (κ2) is 9.67. The first kappa shape index (κ1) is 26.8. The van der Waals surface area contributed by atoms with Crippen molar-refractivity contribution >= 4 is 29.9 Å². The largest absolute Gasteiger partial charge is 0.390 e. The zero-order chi connectivity index (χ0) is 25.5. The van der Waals surface area contributed by atoms with E-state index >= 15 is 0 Å². The minimum absolute atomic E-state index is 0.0441. The Balaban J connectivity index is 1.90. The van der Waals surface area contributed by atoms with E-state index in [-0.39, 0.29) is 22.9 Å². The zero-order valence-corrected chi connectivity index (χ0v) is 22.0. The molecule has 1 fully saturated rings. The van der Waals surface area contributed by atoms with Crippen LogP contribution in [0.15, 0.2) is 46.2 Å². The molecule has 2 atom stereocenters. The standard InChI is InChI=1S/C22H30N2O7S3/c1-15-5-7-19(11-17(15)3)33(28,29)23-9-10-24(21-13-32(26,27)14-22(21)25)34(30,31)20-8-6-16(2)18(4)12-20/h5-8,11-12,21-23,25H,9-10,13-14H2,1-4H3/t21-,22+/m0/s1. The van der Waals surface area contributed by atoms with Gasteiger partial charge in [0.1, 0.15) is 0 Å². The van der Waals surface area contributed by atoms with Gasteiger partial charge in [-0.3, -0.25) is 0 Å². The molecule has 9 nitrogen and oxygen atoms in total. The first-order valence-electron chi connectivity index (χ1n) is 10.7. The molecule has 0 radical (unpaired) electrons. The molecule has 12 heteroatoms. The lowest BCUT2D eigenvalue weighted by atomic mass is 10.1. The molecule has 2 N–H and O–H groups in total. The van der Waals surface area contributed by atoms with E-state index in [1.54, 1.807) is 26.0 Å². The topological polar surface area (TPSA) is 138 Å². The van der Waals surface area contributed by atoms with Crippen LogP contribution in [0.5, 0.6) is 0 Å². The number of benzene rings is 2. The molecule has 2 aromatic rings. The van der Waals surface area contributed by atoms with Gasteiger partial charge in [-0.15, -0.1) is 0 Å². The fourth-order valence-electron chi connectivity index (χ4n) is 3.81. The van der Waals surface area contributed by atoms with E-state index in [9.17, 15) is 30.4 Å². The van der Waals surface area contributed by atoms with E-state index in [1.165, 1.54) is 24.3 Å². The van der Waals surface area contributed by atoms with Crippen LogP contribution in [-0.4, -0.2) is 71.4 Å². The Hall–Kier alpha value is -1.83. The van der Waals surface area contributed by atoms with Gasteiger partial charge in [0, 0.05) is 13.1 Å². The normalized spacial score (nSPS) is 20.6. The fraction of sp³-hybridized carbons (Fsp3) is 0.455. The lowest BCUT2D eigenvalue weighted by Gasteiger charge is -2.29. The third kappa shape index (κ3) is 5.69. The van der Waals surface area contributed by atoms with Gasteiger partial charge in [0.25, 0.3) is 0 Å². The maximum absolute atomic E-state index is 13.5. The first-order valence-corrected chi connectivity index (χ1v) is 15.4. The average Bonchev–Trinajstić information content (AvgIpc) is 3.00. The number of aliphatic hydroxyl groups excluding tert-OH is 1. The minimum Gasteiger partial charge on any atom is -0.390 e. The van der Waals surface area contributed by atoms with Crippen LogP contribution in [0, 0.1) is 27.7 Å². The van der Waals surface area contributed by atoms with Crippen molar-refractivity contribution in [3.8, 4) is 0 Å². The number of sulfone groups is 1. The monoisotopic (exact) mass is 530 g/mol. The number of nitrogens with zero attached hydrogens (tertiary/aromatic N) is 1. The molecular formula is C22H30N2O7S3. The van der Waals surface area contributed by atoms with Gasteiger partial charge in [-0.1, -0.05) is 12.1 Å². The van der Waals surface area contributed by atoms with Gasteiger partial charge in [0.15, 0.2) is 9.84 Å². The highest BCUT2D eigenvalue weighted by Gasteiger charge is 2.44. The molecule has 0 aromatic heterocycles. The van der Waals surface area contributed by atoms with Gasteiger partial charge < -0.3 is 5.11 Å². The van der Waals surface area contributed by atoms with Gasteiger partial charge in [0.05, 0.1) is 33.4 Å². The van der Waals surface area contributed by atoms with Gasteiger partial charge in [0.2, 0.25) is 20.0 Å². The molecule has 0 spiro atoms. The van der Waals surface area contributed by atoms with E-state index < -0.39 is 53.5 Å². The number of sulfonamides is 2. The van der Waals surface area contributed by atoms with Crippen LogP contribution in [0.4, 0.5) is 0 Å². The van der Waals surface area contributed by atoms with Crippen molar-refractivity contribution in [2.75, 3.05) is 24.6 Å². The SMILES string of the molecule is Cc1ccc(S(=O)(=O)NCCN([C@H]2CS(=O)(=O)C[C@H]2O)S(=O)(=O)c2ccc(C)c(C)c2)cc1C. The van der Waals surface area contributed by atoms with Crippen molar-refractivity contribution < 1.29 is 30.4 Å². The molecule has 1 saturated heterocycles. The Labute approximate surface area is 201 Å². The van der Waals surface area contributed by atoms with E-state index in [4.69, 9.17) is 0 Å². The van der Waals surface area contributed by atoms with E-state index in [1.807, 2.05) is 13.8 Å². The predicted octanol–water partition coefficient (Wildman–Crippen LogP) is 1.05. The molecule has 1 aliphatic rings. The molecule has 2 aromatic carbocycles. The number of aliphatic hydroxyl groups is 1. The highest BCUT2D eigenvalue weighted by Crippen LogP contribution is 2.26. The summed E-state index contributed by atoms with van der Waals surface area (Å²) in [5, 5.41) is 10.4. The average molecular weight is 531 g/mol. The van der Waals surface area contributed by atoms with Crippen LogP contribution < -0.4 is 4.72 Å². The van der Waals surface area contributed by atoms with Crippen molar-refractivity contribution in [1.82, 2.24) is 9.03 Å². The summed E-state index contributed by atoms with van der Waals surface area (Å²) in [6.45, 7) is 6.58. The third-order valence-corrected chi connectivity index (χ3v) is 11.2. The Morgan fingerprint density at radius 3 is 1.91 bits per heavy atom. The Kier molecular flexibility index (Phi) is 7.61. The highest BCUT2D eigenvalue weighted by molar-refractivity contribution is 7.92. The van der Waals surface area contributed by atoms with Gasteiger partial charge in [-0.25, -0.2) is 30.0 Å². The predicted molar refractivity (Wildman–Crippen MR) is 129 cm³/mol.